The molecule has 3 N–H and O–H groups in total. The fraction of sp³-hybridized carbons (Fsp3) is 0.750. The van der Waals surface area contributed by atoms with Crippen molar-refractivity contribution in [1.82, 2.24) is 10.6 Å². The van der Waals surface area contributed by atoms with Crippen molar-refractivity contribution in [3.8, 4) is 0 Å². The quantitative estimate of drug-likeness (QED) is 0.580. The minimum Gasteiger partial charge on any atom is -0.480 e. The average molecular weight is 272 g/mol. The minimum atomic E-state index is -1.27. The number of urea groups is 1. The number of carbonyl (C=O) groups is 3. The summed E-state index contributed by atoms with van der Waals surface area (Å²) in [6.07, 6.45) is 1.98. The molecule has 108 valence electrons. The average Bonchev–Trinajstić information content (AvgIpc) is 3.18. The molecular formula is C12H20N2O5. The van der Waals surface area contributed by atoms with Crippen LogP contribution in [0, 0.1) is 11.8 Å². The van der Waals surface area contributed by atoms with Crippen LogP contribution in [-0.2, 0) is 14.3 Å². The normalized spacial score (nSPS) is 17.2. The summed E-state index contributed by atoms with van der Waals surface area (Å²) < 4.78 is 4.38. The van der Waals surface area contributed by atoms with Gasteiger partial charge >= 0.3 is 18.0 Å². The molecule has 1 rings (SSSR count). The maximum atomic E-state index is 11.5. The van der Waals surface area contributed by atoms with Crippen molar-refractivity contribution in [2.45, 2.75) is 32.2 Å². The lowest BCUT2D eigenvalue weighted by molar-refractivity contribution is -0.147. The topological polar surface area (TPSA) is 105 Å². The van der Waals surface area contributed by atoms with E-state index in [1.165, 1.54) is 20.0 Å². The van der Waals surface area contributed by atoms with E-state index in [2.05, 4.69) is 15.4 Å². The number of esters is 1. The smallest absolute Gasteiger partial charge is 0.326 e. The van der Waals surface area contributed by atoms with Crippen molar-refractivity contribution in [2.24, 2.45) is 11.8 Å². The number of carboxylic acids is 1. The first-order valence-corrected chi connectivity index (χ1v) is 6.28. The van der Waals surface area contributed by atoms with Gasteiger partial charge in [0.2, 0.25) is 0 Å². The Morgan fingerprint density at radius 3 is 2.47 bits per heavy atom. The first kappa shape index (κ1) is 15.3. The maximum Gasteiger partial charge on any atom is 0.326 e. The Morgan fingerprint density at radius 1 is 1.37 bits per heavy atom. The fourth-order valence-corrected chi connectivity index (χ4v) is 1.74. The molecule has 0 radical (unpaired) electrons. The predicted octanol–water partition coefficient (Wildman–Crippen LogP) is 0.348. The zero-order chi connectivity index (χ0) is 14.4. The molecule has 7 heteroatoms. The van der Waals surface area contributed by atoms with E-state index in [0.717, 1.165) is 0 Å². The second-order valence-electron chi connectivity index (χ2n) is 4.84. The Balaban J connectivity index is 2.33. The van der Waals surface area contributed by atoms with Gasteiger partial charge in [-0.25, -0.2) is 9.59 Å². The standard InChI is InChI=1S/C12H20N2O5/c1-7(8-3-4-8)6-13-12(18)14-9(11(16)17)5-10(15)19-2/h7-9H,3-6H2,1-2H3,(H,16,17)(H2,13,14,18)/t7?,9-/m0/s1. The summed E-state index contributed by atoms with van der Waals surface area (Å²) in [6, 6.07) is -1.85. The second kappa shape index (κ2) is 6.96. The molecule has 0 heterocycles. The lowest BCUT2D eigenvalue weighted by atomic mass is 10.1. The van der Waals surface area contributed by atoms with E-state index < -0.39 is 30.4 Å². The molecule has 0 aromatic heterocycles. The number of methoxy groups -OCH3 is 1. The maximum absolute atomic E-state index is 11.5. The van der Waals surface area contributed by atoms with Crippen LogP contribution in [0.4, 0.5) is 4.79 Å². The number of rotatable bonds is 7. The van der Waals surface area contributed by atoms with Crippen LogP contribution in [-0.4, -0.2) is 42.8 Å². The van der Waals surface area contributed by atoms with E-state index in [4.69, 9.17) is 5.11 Å². The van der Waals surface area contributed by atoms with Gasteiger partial charge in [0.15, 0.2) is 0 Å². The van der Waals surface area contributed by atoms with Crippen molar-refractivity contribution in [1.29, 1.82) is 0 Å². The lowest BCUT2D eigenvalue weighted by Gasteiger charge is -2.16. The van der Waals surface area contributed by atoms with Gasteiger partial charge in [0.25, 0.3) is 0 Å². The van der Waals surface area contributed by atoms with Crippen LogP contribution in [0.25, 0.3) is 0 Å². The highest BCUT2D eigenvalue weighted by Crippen LogP contribution is 2.35. The zero-order valence-electron chi connectivity index (χ0n) is 11.1. The van der Waals surface area contributed by atoms with Gasteiger partial charge in [0, 0.05) is 6.54 Å². The third-order valence-corrected chi connectivity index (χ3v) is 3.21. The van der Waals surface area contributed by atoms with Crippen LogP contribution in [0.15, 0.2) is 0 Å². The van der Waals surface area contributed by atoms with Crippen LogP contribution < -0.4 is 10.6 Å². The Kier molecular flexibility index (Phi) is 5.59. The Bertz CT molecular complexity index is 354. The van der Waals surface area contributed by atoms with Gasteiger partial charge in [-0.2, -0.15) is 0 Å². The van der Waals surface area contributed by atoms with Gasteiger partial charge in [-0.15, -0.1) is 0 Å². The number of hydrogen-bond acceptors (Lipinski definition) is 4. The summed E-state index contributed by atoms with van der Waals surface area (Å²) in [6.45, 7) is 2.54. The summed E-state index contributed by atoms with van der Waals surface area (Å²) in [5, 5.41) is 13.8. The predicted molar refractivity (Wildman–Crippen MR) is 66.5 cm³/mol. The fourth-order valence-electron chi connectivity index (χ4n) is 1.74. The summed E-state index contributed by atoms with van der Waals surface area (Å²) in [5.74, 6) is -0.907. The van der Waals surface area contributed by atoms with E-state index in [1.54, 1.807) is 0 Å². The van der Waals surface area contributed by atoms with E-state index in [9.17, 15) is 14.4 Å². The molecule has 0 aliphatic heterocycles. The lowest BCUT2D eigenvalue weighted by Crippen LogP contribution is -2.48. The van der Waals surface area contributed by atoms with Gasteiger partial charge in [0.05, 0.1) is 13.5 Å². The number of nitrogens with one attached hydrogen (secondary N) is 2. The monoisotopic (exact) mass is 272 g/mol. The SMILES string of the molecule is COC(=O)C[C@H](NC(=O)NCC(C)C1CC1)C(=O)O. The molecule has 0 aromatic rings. The first-order chi connectivity index (χ1) is 8.93. The van der Waals surface area contributed by atoms with E-state index in [0.29, 0.717) is 18.4 Å². The summed E-state index contributed by atoms with van der Waals surface area (Å²) in [7, 11) is 1.17. The highest BCUT2D eigenvalue weighted by atomic mass is 16.5. The summed E-state index contributed by atoms with van der Waals surface area (Å²) in [5.41, 5.74) is 0. The Hall–Kier alpha value is -1.79. The van der Waals surface area contributed by atoms with Gasteiger partial charge < -0.3 is 20.5 Å². The molecule has 0 aromatic carbocycles. The Labute approximate surface area is 111 Å². The number of amides is 2. The van der Waals surface area contributed by atoms with Crippen LogP contribution in [0.3, 0.4) is 0 Å². The van der Waals surface area contributed by atoms with Gasteiger partial charge in [0.1, 0.15) is 6.04 Å². The van der Waals surface area contributed by atoms with Crippen LogP contribution in [0.1, 0.15) is 26.2 Å². The van der Waals surface area contributed by atoms with Crippen molar-refractivity contribution >= 4 is 18.0 Å². The molecule has 1 unspecified atom stereocenters. The number of aliphatic carboxylic acids is 1. The van der Waals surface area contributed by atoms with E-state index >= 15 is 0 Å². The van der Waals surface area contributed by atoms with Crippen LogP contribution >= 0.6 is 0 Å². The van der Waals surface area contributed by atoms with Gasteiger partial charge in [-0.1, -0.05) is 6.92 Å². The van der Waals surface area contributed by atoms with Crippen molar-refractivity contribution in [2.75, 3.05) is 13.7 Å². The number of carbonyl (C=O) groups excluding carboxylic acids is 2. The molecule has 1 saturated carbocycles. The second-order valence-corrected chi connectivity index (χ2v) is 4.84. The van der Waals surface area contributed by atoms with Crippen molar-refractivity contribution in [3.05, 3.63) is 0 Å². The third-order valence-electron chi connectivity index (χ3n) is 3.21. The molecule has 19 heavy (non-hydrogen) atoms. The molecule has 1 aliphatic rings. The molecular weight excluding hydrogens is 252 g/mol. The largest absolute Gasteiger partial charge is 0.480 e. The van der Waals surface area contributed by atoms with Gasteiger partial charge in [-0.3, -0.25) is 4.79 Å². The molecule has 1 fully saturated rings. The van der Waals surface area contributed by atoms with Crippen LogP contribution in [0.2, 0.25) is 0 Å². The van der Waals surface area contributed by atoms with E-state index in [-0.39, 0.29) is 0 Å². The third kappa shape index (κ3) is 5.58. The summed E-state index contributed by atoms with van der Waals surface area (Å²) in [4.78, 5) is 33.4. The van der Waals surface area contributed by atoms with Crippen molar-refractivity contribution < 1.29 is 24.2 Å². The molecule has 0 saturated heterocycles. The minimum absolute atomic E-state index is 0.384. The van der Waals surface area contributed by atoms with Gasteiger partial charge in [-0.05, 0) is 24.7 Å². The molecule has 2 atom stereocenters. The highest BCUT2D eigenvalue weighted by molar-refractivity contribution is 5.86. The number of ether oxygens (including phenoxy) is 1. The Morgan fingerprint density at radius 2 is 2.00 bits per heavy atom. The van der Waals surface area contributed by atoms with Crippen molar-refractivity contribution in [3.63, 3.8) is 0 Å². The molecule has 1 aliphatic carbocycles. The molecule has 7 nitrogen and oxygen atoms in total. The van der Waals surface area contributed by atoms with E-state index in [1.807, 2.05) is 6.92 Å². The molecule has 2 amide bonds. The molecule has 0 bridgehead atoms. The number of carboxylic acid groups (broad SMARTS) is 1. The number of hydrogen-bond donors (Lipinski definition) is 3. The highest BCUT2D eigenvalue weighted by Gasteiger charge is 2.28. The summed E-state index contributed by atoms with van der Waals surface area (Å²) >= 11 is 0. The van der Waals surface area contributed by atoms with Crippen LogP contribution in [0.5, 0.6) is 0 Å². The first-order valence-electron chi connectivity index (χ1n) is 6.28. The zero-order valence-corrected chi connectivity index (χ0v) is 11.1. The molecule has 0 spiro atoms.